The van der Waals surface area contributed by atoms with Crippen LogP contribution in [0.1, 0.15) is 37.7 Å². The molecular weight excluding hydrogens is 268 g/mol. The fourth-order valence-corrected chi connectivity index (χ4v) is 2.63. The Morgan fingerprint density at radius 2 is 1.86 bits per heavy atom. The highest BCUT2D eigenvalue weighted by molar-refractivity contribution is 6.04. The van der Waals surface area contributed by atoms with Gasteiger partial charge in [-0.25, -0.2) is 0 Å². The number of carbonyl (C=O) groups excluding carboxylic acids is 2. The largest absolute Gasteiger partial charge is 0.497 e. The standard InChI is InChI=1S/C17H20O4/c1-20-13-8-6-12(7-9-13)14-4-3-5-16(18)15(14)10-11-17(19)21-2/h6-9H,3-5,10-11H2,1-2H3. The predicted molar refractivity (Wildman–Crippen MR) is 80.0 cm³/mol. The molecule has 2 rings (SSSR count). The Balaban J connectivity index is 2.28. The van der Waals surface area contributed by atoms with Gasteiger partial charge in [-0.05, 0) is 48.1 Å². The SMILES string of the molecule is COC(=O)CCC1=C(c2ccc(OC)cc2)CCCC1=O. The van der Waals surface area contributed by atoms with Crippen molar-refractivity contribution in [1.29, 1.82) is 0 Å². The van der Waals surface area contributed by atoms with E-state index in [0.717, 1.165) is 35.3 Å². The Morgan fingerprint density at radius 3 is 2.48 bits per heavy atom. The van der Waals surface area contributed by atoms with Crippen molar-refractivity contribution in [2.75, 3.05) is 14.2 Å². The lowest BCUT2D eigenvalue weighted by Crippen LogP contribution is -2.13. The van der Waals surface area contributed by atoms with Gasteiger partial charge >= 0.3 is 5.97 Å². The molecule has 4 heteroatoms. The van der Waals surface area contributed by atoms with Gasteiger partial charge in [-0.3, -0.25) is 9.59 Å². The van der Waals surface area contributed by atoms with Crippen molar-refractivity contribution in [3.05, 3.63) is 35.4 Å². The summed E-state index contributed by atoms with van der Waals surface area (Å²) in [6, 6.07) is 7.70. The van der Waals surface area contributed by atoms with Crippen molar-refractivity contribution < 1.29 is 19.1 Å². The van der Waals surface area contributed by atoms with Crippen molar-refractivity contribution in [3.63, 3.8) is 0 Å². The van der Waals surface area contributed by atoms with Crippen LogP contribution in [0.2, 0.25) is 0 Å². The molecule has 0 radical (unpaired) electrons. The number of hydrogen-bond donors (Lipinski definition) is 0. The third-order valence-corrected chi connectivity index (χ3v) is 3.78. The number of ketones is 1. The summed E-state index contributed by atoms with van der Waals surface area (Å²) in [5.41, 5.74) is 2.86. The van der Waals surface area contributed by atoms with Gasteiger partial charge in [0.15, 0.2) is 5.78 Å². The zero-order chi connectivity index (χ0) is 15.2. The van der Waals surface area contributed by atoms with Gasteiger partial charge in [-0.15, -0.1) is 0 Å². The topological polar surface area (TPSA) is 52.6 Å². The third kappa shape index (κ3) is 3.72. The van der Waals surface area contributed by atoms with Crippen LogP contribution in [0.15, 0.2) is 29.8 Å². The molecule has 112 valence electrons. The minimum atomic E-state index is -0.282. The molecule has 0 unspecified atom stereocenters. The van der Waals surface area contributed by atoms with E-state index in [1.165, 1.54) is 7.11 Å². The monoisotopic (exact) mass is 288 g/mol. The van der Waals surface area contributed by atoms with Crippen LogP contribution in [0.4, 0.5) is 0 Å². The number of allylic oxidation sites excluding steroid dienone is 2. The van der Waals surface area contributed by atoms with Gasteiger partial charge in [0.1, 0.15) is 5.75 Å². The molecule has 0 saturated carbocycles. The van der Waals surface area contributed by atoms with E-state index in [9.17, 15) is 9.59 Å². The van der Waals surface area contributed by atoms with Gasteiger partial charge < -0.3 is 9.47 Å². The maximum absolute atomic E-state index is 12.2. The van der Waals surface area contributed by atoms with Crippen molar-refractivity contribution in [2.24, 2.45) is 0 Å². The second kappa shape index (κ2) is 7.07. The molecule has 0 aliphatic heterocycles. The lowest BCUT2D eigenvalue weighted by molar-refractivity contribution is -0.140. The normalized spacial score (nSPS) is 15.0. The van der Waals surface area contributed by atoms with Crippen LogP contribution in [-0.2, 0) is 14.3 Å². The molecule has 0 bridgehead atoms. The van der Waals surface area contributed by atoms with E-state index in [0.29, 0.717) is 12.8 Å². The average molecular weight is 288 g/mol. The fourth-order valence-electron chi connectivity index (χ4n) is 2.63. The number of Topliss-reactive ketones (excluding diaryl/α,β-unsaturated/α-hetero) is 1. The lowest BCUT2D eigenvalue weighted by atomic mass is 9.84. The van der Waals surface area contributed by atoms with Crippen molar-refractivity contribution >= 4 is 17.3 Å². The smallest absolute Gasteiger partial charge is 0.305 e. The Labute approximate surface area is 124 Å². The molecular formula is C17H20O4. The maximum Gasteiger partial charge on any atom is 0.305 e. The highest BCUT2D eigenvalue weighted by atomic mass is 16.5. The van der Waals surface area contributed by atoms with Gasteiger partial charge in [0, 0.05) is 12.8 Å². The summed E-state index contributed by atoms with van der Waals surface area (Å²) in [6.45, 7) is 0. The van der Waals surface area contributed by atoms with Crippen LogP contribution in [-0.4, -0.2) is 26.0 Å². The lowest BCUT2D eigenvalue weighted by Gasteiger charge is -2.20. The van der Waals surface area contributed by atoms with Gasteiger partial charge in [-0.1, -0.05) is 12.1 Å². The van der Waals surface area contributed by atoms with Gasteiger partial charge in [-0.2, -0.15) is 0 Å². The molecule has 0 atom stereocenters. The number of ether oxygens (including phenoxy) is 2. The summed E-state index contributed by atoms with van der Waals surface area (Å²) in [5, 5.41) is 0. The summed E-state index contributed by atoms with van der Waals surface area (Å²) in [7, 11) is 2.99. The van der Waals surface area contributed by atoms with Crippen LogP contribution in [0.3, 0.4) is 0 Å². The molecule has 1 aliphatic carbocycles. The Hall–Kier alpha value is -2.10. The van der Waals surface area contributed by atoms with Gasteiger partial charge in [0.2, 0.25) is 0 Å². The Kier molecular flexibility index (Phi) is 5.14. The van der Waals surface area contributed by atoms with E-state index in [-0.39, 0.29) is 18.2 Å². The van der Waals surface area contributed by atoms with Crippen LogP contribution < -0.4 is 4.74 Å². The number of esters is 1. The molecule has 0 spiro atoms. The van der Waals surface area contributed by atoms with Crippen LogP contribution in [0.25, 0.3) is 5.57 Å². The van der Waals surface area contributed by atoms with Crippen LogP contribution in [0, 0.1) is 0 Å². The molecule has 4 nitrogen and oxygen atoms in total. The highest BCUT2D eigenvalue weighted by Crippen LogP contribution is 2.33. The minimum Gasteiger partial charge on any atom is -0.497 e. The molecule has 0 N–H and O–H groups in total. The zero-order valence-electron chi connectivity index (χ0n) is 12.5. The van der Waals surface area contributed by atoms with Crippen molar-refractivity contribution in [1.82, 2.24) is 0 Å². The maximum atomic E-state index is 12.2. The number of rotatable bonds is 5. The summed E-state index contributed by atoms with van der Waals surface area (Å²) >= 11 is 0. The molecule has 0 heterocycles. The molecule has 1 aromatic carbocycles. The van der Waals surface area contributed by atoms with Gasteiger partial charge in [0.25, 0.3) is 0 Å². The summed E-state index contributed by atoms with van der Waals surface area (Å²) in [6.07, 6.45) is 3.00. The summed E-state index contributed by atoms with van der Waals surface area (Å²) < 4.78 is 9.81. The van der Waals surface area contributed by atoms with Crippen LogP contribution >= 0.6 is 0 Å². The number of methoxy groups -OCH3 is 2. The van der Waals surface area contributed by atoms with E-state index in [4.69, 9.17) is 4.74 Å². The van der Waals surface area contributed by atoms with Gasteiger partial charge in [0.05, 0.1) is 14.2 Å². The minimum absolute atomic E-state index is 0.149. The molecule has 0 aromatic heterocycles. The quantitative estimate of drug-likeness (QED) is 0.781. The zero-order valence-corrected chi connectivity index (χ0v) is 12.5. The van der Waals surface area contributed by atoms with Crippen LogP contribution in [0.5, 0.6) is 5.75 Å². The third-order valence-electron chi connectivity index (χ3n) is 3.78. The molecule has 1 aromatic rings. The fraction of sp³-hybridized carbons (Fsp3) is 0.412. The predicted octanol–water partition coefficient (Wildman–Crippen LogP) is 3.16. The molecule has 21 heavy (non-hydrogen) atoms. The number of benzene rings is 1. The highest BCUT2D eigenvalue weighted by Gasteiger charge is 2.22. The molecule has 0 saturated heterocycles. The molecule has 0 amide bonds. The summed E-state index contributed by atoms with van der Waals surface area (Å²) in [4.78, 5) is 23.5. The number of hydrogen-bond acceptors (Lipinski definition) is 4. The Bertz CT molecular complexity index is 555. The van der Waals surface area contributed by atoms with Crippen molar-refractivity contribution in [2.45, 2.75) is 32.1 Å². The first-order valence-corrected chi connectivity index (χ1v) is 7.12. The number of carbonyl (C=O) groups is 2. The van der Waals surface area contributed by atoms with E-state index >= 15 is 0 Å². The Morgan fingerprint density at radius 1 is 1.14 bits per heavy atom. The van der Waals surface area contributed by atoms with E-state index < -0.39 is 0 Å². The molecule has 1 aliphatic rings. The first-order chi connectivity index (χ1) is 10.2. The average Bonchev–Trinajstić information content (AvgIpc) is 2.53. The first kappa shape index (κ1) is 15.3. The summed E-state index contributed by atoms with van der Waals surface area (Å²) in [5.74, 6) is 0.656. The molecule has 0 fully saturated rings. The second-order valence-corrected chi connectivity index (χ2v) is 5.04. The second-order valence-electron chi connectivity index (χ2n) is 5.04. The van der Waals surface area contributed by atoms with E-state index in [2.05, 4.69) is 4.74 Å². The van der Waals surface area contributed by atoms with E-state index in [1.807, 2.05) is 24.3 Å². The van der Waals surface area contributed by atoms with Crippen molar-refractivity contribution in [3.8, 4) is 5.75 Å². The first-order valence-electron chi connectivity index (χ1n) is 7.12. The van der Waals surface area contributed by atoms with E-state index in [1.54, 1.807) is 7.11 Å².